The zero-order chi connectivity index (χ0) is 15.2. The van der Waals surface area contributed by atoms with Gasteiger partial charge >= 0.3 is 5.97 Å². The molecule has 108 valence electrons. The van der Waals surface area contributed by atoms with E-state index in [1.807, 2.05) is 32.1 Å². The number of aromatic carboxylic acids is 1. The molecule has 1 aromatic carbocycles. The van der Waals surface area contributed by atoms with Gasteiger partial charge in [-0.3, -0.25) is 0 Å². The number of benzene rings is 1. The van der Waals surface area contributed by atoms with Crippen molar-refractivity contribution >= 4 is 11.5 Å². The minimum absolute atomic E-state index is 0.185. The quantitative estimate of drug-likeness (QED) is 0.845. The lowest BCUT2D eigenvalue weighted by atomic mass is 10.1. The van der Waals surface area contributed by atoms with Gasteiger partial charge in [-0.15, -0.1) is 10.2 Å². The van der Waals surface area contributed by atoms with E-state index in [2.05, 4.69) is 10.2 Å². The lowest BCUT2D eigenvalue weighted by molar-refractivity contribution is 0.0697. The van der Waals surface area contributed by atoms with Gasteiger partial charge in [0.15, 0.2) is 0 Å². The molecule has 0 amide bonds. The number of carbonyl (C=O) groups is 1. The molecule has 0 radical (unpaired) electrons. The van der Waals surface area contributed by atoms with Crippen LogP contribution in [0.1, 0.15) is 36.5 Å². The molecule has 0 aliphatic carbocycles. The van der Waals surface area contributed by atoms with Gasteiger partial charge in [-0.1, -0.05) is 31.2 Å². The van der Waals surface area contributed by atoms with Crippen LogP contribution in [0.25, 0.3) is 17.0 Å². The monoisotopic (exact) mass is 284 g/mol. The van der Waals surface area contributed by atoms with Gasteiger partial charge in [-0.05, 0) is 31.5 Å². The molecule has 0 bridgehead atoms. The molecule has 1 N–H and O–H groups in total. The summed E-state index contributed by atoms with van der Waals surface area (Å²) in [5.41, 5.74) is 1.61. The Bertz CT molecular complexity index is 699. The largest absolute Gasteiger partial charge is 0.478 e. The number of allylic oxidation sites excluding steroid dienone is 4. The SMILES string of the molecule is C/C=C(\C=C/CC)c1nnc(-c2cccc(C(=O)O)c2)o1. The maximum atomic E-state index is 11.0. The predicted octanol–water partition coefficient (Wildman–Crippen LogP) is 3.80. The molecule has 2 rings (SSSR count). The van der Waals surface area contributed by atoms with Crippen molar-refractivity contribution in [3.8, 4) is 11.5 Å². The maximum absolute atomic E-state index is 11.0. The molecule has 5 nitrogen and oxygen atoms in total. The van der Waals surface area contributed by atoms with Crippen LogP contribution < -0.4 is 0 Å². The fraction of sp³-hybridized carbons (Fsp3) is 0.188. The van der Waals surface area contributed by atoms with Crippen LogP contribution in [0.3, 0.4) is 0 Å². The zero-order valence-corrected chi connectivity index (χ0v) is 11.9. The minimum atomic E-state index is -0.989. The van der Waals surface area contributed by atoms with Crippen LogP contribution in [0.4, 0.5) is 0 Å². The highest BCUT2D eigenvalue weighted by molar-refractivity contribution is 5.89. The molecule has 21 heavy (non-hydrogen) atoms. The summed E-state index contributed by atoms with van der Waals surface area (Å²) in [7, 11) is 0. The molecule has 0 atom stereocenters. The molecule has 2 aromatic rings. The predicted molar refractivity (Wildman–Crippen MR) is 79.8 cm³/mol. The molecule has 0 saturated heterocycles. The van der Waals surface area contributed by atoms with Crippen LogP contribution in [-0.4, -0.2) is 21.3 Å². The van der Waals surface area contributed by atoms with Gasteiger partial charge < -0.3 is 9.52 Å². The zero-order valence-electron chi connectivity index (χ0n) is 11.9. The van der Waals surface area contributed by atoms with Crippen molar-refractivity contribution in [1.29, 1.82) is 0 Å². The molecule has 1 heterocycles. The lowest BCUT2D eigenvalue weighted by Crippen LogP contribution is -1.95. The third-order valence-electron chi connectivity index (χ3n) is 2.87. The topological polar surface area (TPSA) is 76.2 Å². The minimum Gasteiger partial charge on any atom is -0.478 e. The first-order valence-corrected chi connectivity index (χ1v) is 6.66. The number of rotatable bonds is 5. The Labute approximate surface area is 122 Å². The molecular formula is C16H16N2O3. The average Bonchev–Trinajstić information content (AvgIpc) is 2.98. The molecule has 1 aromatic heterocycles. The summed E-state index contributed by atoms with van der Waals surface area (Å²) in [6, 6.07) is 6.42. The second-order valence-electron chi connectivity index (χ2n) is 4.35. The normalized spacial score (nSPS) is 12.0. The van der Waals surface area contributed by atoms with Crippen LogP contribution in [0.15, 0.2) is 46.9 Å². The number of hydrogen-bond donors (Lipinski definition) is 1. The molecule has 0 aliphatic rings. The summed E-state index contributed by atoms with van der Waals surface area (Å²) < 4.78 is 5.62. The summed E-state index contributed by atoms with van der Waals surface area (Å²) in [4.78, 5) is 11.0. The Hall–Kier alpha value is -2.69. The molecule has 0 aliphatic heterocycles. The Morgan fingerprint density at radius 3 is 2.86 bits per heavy atom. The first-order valence-electron chi connectivity index (χ1n) is 6.66. The number of hydrogen-bond acceptors (Lipinski definition) is 4. The molecular weight excluding hydrogens is 268 g/mol. The van der Waals surface area contributed by atoms with E-state index in [1.165, 1.54) is 12.1 Å². The Morgan fingerprint density at radius 1 is 1.38 bits per heavy atom. The Morgan fingerprint density at radius 2 is 2.19 bits per heavy atom. The number of carboxylic acid groups (broad SMARTS) is 1. The highest BCUT2D eigenvalue weighted by atomic mass is 16.4. The summed E-state index contributed by atoms with van der Waals surface area (Å²) in [5.74, 6) is -0.271. The van der Waals surface area contributed by atoms with Crippen molar-refractivity contribution in [2.45, 2.75) is 20.3 Å². The van der Waals surface area contributed by atoms with Gasteiger partial charge in [0.2, 0.25) is 11.8 Å². The van der Waals surface area contributed by atoms with E-state index in [4.69, 9.17) is 9.52 Å². The van der Waals surface area contributed by atoms with Crippen molar-refractivity contribution in [2.24, 2.45) is 0 Å². The van der Waals surface area contributed by atoms with Crippen LogP contribution in [0, 0.1) is 0 Å². The molecule has 0 unspecified atom stereocenters. The highest BCUT2D eigenvalue weighted by Gasteiger charge is 2.12. The number of carboxylic acids is 1. The van der Waals surface area contributed by atoms with E-state index in [0.717, 1.165) is 12.0 Å². The number of aromatic nitrogens is 2. The van der Waals surface area contributed by atoms with E-state index >= 15 is 0 Å². The fourth-order valence-electron chi connectivity index (χ4n) is 1.78. The molecule has 5 heteroatoms. The summed E-state index contributed by atoms with van der Waals surface area (Å²) in [5, 5.41) is 17.0. The first kappa shape index (κ1) is 14.7. The Balaban J connectivity index is 2.33. The Kier molecular flexibility index (Phi) is 4.66. The third-order valence-corrected chi connectivity index (χ3v) is 2.87. The van der Waals surface area contributed by atoms with E-state index in [9.17, 15) is 4.79 Å². The van der Waals surface area contributed by atoms with Gasteiger partial charge in [0, 0.05) is 11.1 Å². The second-order valence-corrected chi connectivity index (χ2v) is 4.35. The molecule has 0 fully saturated rings. The second kappa shape index (κ2) is 6.65. The van der Waals surface area contributed by atoms with Crippen molar-refractivity contribution in [1.82, 2.24) is 10.2 Å². The summed E-state index contributed by atoms with van der Waals surface area (Å²) in [6.45, 7) is 3.94. The fourth-order valence-corrected chi connectivity index (χ4v) is 1.78. The lowest BCUT2D eigenvalue weighted by Gasteiger charge is -1.97. The number of nitrogens with zero attached hydrogens (tertiary/aromatic N) is 2. The standard InChI is InChI=1S/C16H16N2O3/c1-3-5-7-11(4-2)14-17-18-15(21-14)12-8-6-9-13(10-12)16(19)20/h4-10H,3H2,1-2H3,(H,19,20)/b7-5-,11-4+. The summed E-state index contributed by atoms with van der Waals surface area (Å²) >= 11 is 0. The highest BCUT2D eigenvalue weighted by Crippen LogP contribution is 2.23. The molecule has 0 spiro atoms. The summed E-state index contributed by atoms with van der Waals surface area (Å²) in [6.07, 6.45) is 6.73. The van der Waals surface area contributed by atoms with Crippen LogP contribution in [0.5, 0.6) is 0 Å². The van der Waals surface area contributed by atoms with Crippen LogP contribution in [0.2, 0.25) is 0 Å². The average molecular weight is 284 g/mol. The smallest absolute Gasteiger partial charge is 0.335 e. The van der Waals surface area contributed by atoms with Crippen LogP contribution in [-0.2, 0) is 0 Å². The van der Waals surface area contributed by atoms with Crippen molar-refractivity contribution in [3.63, 3.8) is 0 Å². The van der Waals surface area contributed by atoms with Crippen LogP contribution >= 0.6 is 0 Å². The third kappa shape index (κ3) is 3.45. The van der Waals surface area contributed by atoms with Crippen molar-refractivity contribution < 1.29 is 14.3 Å². The molecule has 0 saturated carbocycles. The van der Waals surface area contributed by atoms with Crippen molar-refractivity contribution in [2.75, 3.05) is 0 Å². The van der Waals surface area contributed by atoms with Crippen molar-refractivity contribution in [3.05, 3.63) is 53.9 Å². The maximum Gasteiger partial charge on any atom is 0.335 e. The van der Waals surface area contributed by atoms with E-state index < -0.39 is 5.97 Å². The van der Waals surface area contributed by atoms with Gasteiger partial charge in [0.1, 0.15) is 0 Å². The van der Waals surface area contributed by atoms with Gasteiger partial charge in [-0.25, -0.2) is 4.79 Å². The van der Waals surface area contributed by atoms with E-state index in [0.29, 0.717) is 17.3 Å². The van der Waals surface area contributed by atoms with Gasteiger partial charge in [0.05, 0.1) is 5.56 Å². The van der Waals surface area contributed by atoms with Gasteiger partial charge in [0.25, 0.3) is 0 Å². The first-order chi connectivity index (χ1) is 10.2. The van der Waals surface area contributed by atoms with E-state index in [-0.39, 0.29) is 5.56 Å². The van der Waals surface area contributed by atoms with Gasteiger partial charge in [-0.2, -0.15) is 0 Å². The van der Waals surface area contributed by atoms with E-state index in [1.54, 1.807) is 12.1 Å².